The normalized spacial score (nSPS) is 14.1. The maximum Gasteiger partial charge on any atom is 0.169 e. The summed E-state index contributed by atoms with van der Waals surface area (Å²) in [5, 5.41) is 0. The van der Waals surface area contributed by atoms with Crippen LogP contribution in [0.1, 0.15) is 16.8 Å². The number of rotatable bonds is 4. The molecule has 132 valence electrons. The van der Waals surface area contributed by atoms with Crippen molar-refractivity contribution >= 4 is 0 Å². The third kappa shape index (κ3) is 3.25. The molecule has 2 aromatic heterocycles. The number of methoxy groups -OCH3 is 1. The summed E-state index contributed by atoms with van der Waals surface area (Å²) in [4.78, 5) is 19.3. The highest BCUT2D eigenvalue weighted by Crippen LogP contribution is 2.25. The first-order valence-electron chi connectivity index (χ1n) is 8.38. The van der Waals surface area contributed by atoms with E-state index in [4.69, 9.17) is 4.74 Å². The van der Waals surface area contributed by atoms with Crippen molar-refractivity contribution in [2.45, 2.75) is 19.5 Å². The van der Waals surface area contributed by atoms with Gasteiger partial charge in [0.15, 0.2) is 17.4 Å². The topological polar surface area (TPSA) is 64.0 Å². The molecule has 1 aromatic carbocycles. The Bertz CT molecular complexity index is 919. The quantitative estimate of drug-likeness (QED) is 0.720. The Kier molecular flexibility index (Phi) is 4.53. The van der Waals surface area contributed by atoms with Crippen LogP contribution in [0.25, 0.3) is 11.4 Å². The lowest BCUT2D eigenvalue weighted by Gasteiger charge is -2.28. The molecule has 0 saturated heterocycles. The standard InChI is InChI=1S/C19H18FN5O/c1-26-17-4-2-3-13(18(17)20)10-25-6-5-16-15(11-25)9-23-19(24-16)14-7-21-12-22-8-14/h2-4,7-9,12H,5-6,10-11H2,1H3. The van der Waals surface area contributed by atoms with Crippen molar-refractivity contribution in [2.24, 2.45) is 0 Å². The zero-order valence-corrected chi connectivity index (χ0v) is 14.4. The van der Waals surface area contributed by atoms with Gasteiger partial charge in [-0.2, -0.15) is 0 Å². The van der Waals surface area contributed by atoms with E-state index in [1.807, 2.05) is 12.3 Å². The minimum Gasteiger partial charge on any atom is -0.494 e. The number of hydrogen-bond donors (Lipinski definition) is 0. The molecule has 1 aliphatic rings. The van der Waals surface area contributed by atoms with Crippen LogP contribution in [0.2, 0.25) is 0 Å². The number of fused-ring (bicyclic) bond motifs is 1. The fraction of sp³-hybridized carbons (Fsp3) is 0.263. The average molecular weight is 351 g/mol. The first-order chi connectivity index (χ1) is 12.7. The third-order valence-corrected chi connectivity index (χ3v) is 4.49. The van der Waals surface area contributed by atoms with Gasteiger partial charge in [-0.1, -0.05) is 12.1 Å². The molecule has 1 aliphatic heterocycles. The second-order valence-corrected chi connectivity index (χ2v) is 6.19. The summed E-state index contributed by atoms with van der Waals surface area (Å²) in [6, 6.07) is 5.24. The summed E-state index contributed by atoms with van der Waals surface area (Å²) < 4.78 is 19.4. The van der Waals surface area contributed by atoms with Gasteiger partial charge in [-0.15, -0.1) is 0 Å². The molecule has 4 rings (SSSR count). The van der Waals surface area contributed by atoms with Crippen molar-refractivity contribution in [2.75, 3.05) is 13.7 Å². The Labute approximate surface area is 150 Å². The number of aromatic nitrogens is 4. The molecule has 6 nitrogen and oxygen atoms in total. The first kappa shape index (κ1) is 16.5. The molecule has 3 heterocycles. The van der Waals surface area contributed by atoms with Gasteiger partial charge in [-0.25, -0.2) is 24.3 Å². The molecule has 0 unspecified atom stereocenters. The average Bonchev–Trinajstić information content (AvgIpc) is 2.70. The summed E-state index contributed by atoms with van der Waals surface area (Å²) in [5.41, 5.74) is 3.53. The molecule has 0 bridgehead atoms. The van der Waals surface area contributed by atoms with Gasteiger partial charge >= 0.3 is 0 Å². The molecule has 0 atom stereocenters. The molecule has 26 heavy (non-hydrogen) atoms. The maximum atomic E-state index is 14.4. The molecule has 0 saturated carbocycles. The van der Waals surface area contributed by atoms with Crippen molar-refractivity contribution in [3.8, 4) is 17.1 Å². The summed E-state index contributed by atoms with van der Waals surface area (Å²) in [7, 11) is 1.48. The van der Waals surface area contributed by atoms with Crippen molar-refractivity contribution < 1.29 is 9.13 Å². The van der Waals surface area contributed by atoms with Gasteiger partial charge < -0.3 is 4.74 Å². The molecule has 0 aliphatic carbocycles. The van der Waals surface area contributed by atoms with Crippen LogP contribution in [0, 0.1) is 5.82 Å². The molecule has 0 radical (unpaired) electrons. The van der Waals surface area contributed by atoms with Gasteiger partial charge in [0, 0.05) is 55.8 Å². The lowest BCUT2D eigenvalue weighted by Crippen LogP contribution is -2.31. The fourth-order valence-electron chi connectivity index (χ4n) is 3.14. The Morgan fingerprint density at radius 1 is 1.19 bits per heavy atom. The lowest BCUT2D eigenvalue weighted by atomic mass is 10.1. The molecule has 7 heteroatoms. The van der Waals surface area contributed by atoms with E-state index in [-0.39, 0.29) is 11.6 Å². The number of benzene rings is 1. The summed E-state index contributed by atoms with van der Waals surface area (Å²) >= 11 is 0. The van der Waals surface area contributed by atoms with E-state index in [1.165, 1.54) is 13.4 Å². The van der Waals surface area contributed by atoms with Crippen LogP contribution in [0.15, 0.2) is 43.1 Å². The predicted octanol–water partition coefficient (Wildman–Crippen LogP) is 2.64. The van der Waals surface area contributed by atoms with Crippen LogP contribution in [0.4, 0.5) is 4.39 Å². The number of ether oxygens (including phenoxy) is 1. The predicted molar refractivity (Wildman–Crippen MR) is 93.8 cm³/mol. The zero-order chi connectivity index (χ0) is 17.9. The zero-order valence-electron chi connectivity index (χ0n) is 14.4. The first-order valence-corrected chi connectivity index (χ1v) is 8.38. The highest BCUT2D eigenvalue weighted by atomic mass is 19.1. The second kappa shape index (κ2) is 7.13. The molecule has 3 aromatic rings. The molecule has 0 N–H and O–H groups in total. The molecular weight excluding hydrogens is 333 g/mol. The minimum absolute atomic E-state index is 0.276. The van der Waals surface area contributed by atoms with Crippen molar-refractivity contribution in [3.63, 3.8) is 0 Å². The van der Waals surface area contributed by atoms with E-state index in [0.29, 0.717) is 24.5 Å². The number of nitrogens with zero attached hydrogens (tertiary/aromatic N) is 5. The van der Waals surface area contributed by atoms with Gasteiger partial charge in [-0.3, -0.25) is 4.90 Å². The van der Waals surface area contributed by atoms with Crippen LogP contribution in [0.5, 0.6) is 5.75 Å². The maximum absolute atomic E-state index is 14.4. The van der Waals surface area contributed by atoms with Crippen molar-refractivity contribution in [1.82, 2.24) is 24.8 Å². The monoisotopic (exact) mass is 351 g/mol. The summed E-state index contributed by atoms with van der Waals surface area (Å²) in [6.45, 7) is 2.03. The highest BCUT2D eigenvalue weighted by Gasteiger charge is 2.20. The van der Waals surface area contributed by atoms with Gasteiger partial charge in [0.05, 0.1) is 18.4 Å². The highest BCUT2D eigenvalue weighted by molar-refractivity contribution is 5.52. The van der Waals surface area contributed by atoms with Crippen LogP contribution in [-0.2, 0) is 19.5 Å². The van der Waals surface area contributed by atoms with Crippen molar-refractivity contribution in [1.29, 1.82) is 0 Å². The van der Waals surface area contributed by atoms with E-state index < -0.39 is 0 Å². The SMILES string of the molecule is COc1cccc(CN2CCc3nc(-c4cncnc4)ncc3C2)c1F. The van der Waals surface area contributed by atoms with Gasteiger partial charge in [0.25, 0.3) is 0 Å². The van der Waals surface area contributed by atoms with Crippen LogP contribution in [-0.4, -0.2) is 38.5 Å². The molecular formula is C19H18FN5O. The Hall–Kier alpha value is -2.93. The van der Waals surface area contributed by atoms with E-state index in [1.54, 1.807) is 24.5 Å². The minimum atomic E-state index is -0.295. The second-order valence-electron chi connectivity index (χ2n) is 6.19. The fourth-order valence-corrected chi connectivity index (χ4v) is 3.14. The molecule has 0 fully saturated rings. The number of hydrogen-bond acceptors (Lipinski definition) is 6. The van der Waals surface area contributed by atoms with Gasteiger partial charge in [0.2, 0.25) is 0 Å². The van der Waals surface area contributed by atoms with E-state index in [0.717, 1.165) is 29.8 Å². The Morgan fingerprint density at radius 2 is 2.04 bits per heavy atom. The largest absolute Gasteiger partial charge is 0.494 e. The van der Waals surface area contributed by atoms with Crippen LogP contribution in [0.3, 0.4) is 0 Å². The van der Waals surface area contributed by atoms with E-state index in [2.05, 4.69) is 24.8 Å². The van der Waals surface area contributed by atoms with Gasteiger partial charge in [-0.05, 0) is 6.07 Å². The van der Waals surface area contributed by atoms with Crippen LogP contribution < -0.4 is 4.74 Å². The van der Waals surface area contributed by atoms with Crippen molar-refractivity contribution in [3.05, 3.63) is 65.8 Å². The van der Waals surface area contributed by atoms with E-state index in [9.17, 15) is 4.39 Å². The van der Waals surface area contributed by atoms with E-state index >= 15 is 0 Å². The molecule has 0 amide bonds. The molecule has 0 spiro atoms. The third-order valence-electron chi connectivity index (χ3n) is 4.49. The van der Waals surface area contributed by atoms with Crippen LogP contribution >= 0.6 is 0 Å². The lowest BCUT2D eigenvalue weighted by molar-refractivity contribution is 0.238. The summed E-state index contributed by atoms with van der Waals surface area (Å²) in [6.07, 6.45) is 7.53. The number of halogens is 1. The summed E-state index contributed by atoms with van der Waals surface area (Å²) in [5.74, 6) is 0.617. The smallest absolute Gasteiger partial charge is 0.169 e. The Morgan fingerprint density at radius 3 is 2.85 bits per heavy atom. The van der Waals surface area contributed by atoms with Gasteiger partial charge in [0.1, 0.15) is 6.33 Å². The Balaban J connectivity index is 1.52.